The SMILES string of the molecule is O=C(O)C1CCC2(CC3CCC4(CC56CCCCC5O6)OC4C3)OC2C1. The molecule has 0 radical (unpaired) electrons. The third-order valence-corrected chi connectivity index (χ3v) is 8.56. The number of carboxylic acids is 1. The summed E-state index contributed by atoms with van der Waals surface area (Å²) >= 11 is 0. The molecule has 3 saturated heterocycles. The summed E-state index contributed by atoms with van der Waals surface area (Å²) in [4.78, 5) is 11.2. The quantitative estimate of drug-likeness (QED) is 0.758. The van der Waals surface area contributed by atoms with Gasteiger partial charge in [0, 0.05) is 6.42 Å². The third kappa shape index (κ3) is 2.43. The van der Waals surface area contributed by atoms with E-state index >= 15 is 0 Å². The van der Waals surface area contributed by atoms with Gasteiger partial charge < -0.3 is 19.3 Å². The van der Waals surface area contributed by atoms with Crippen LogP contribution in [0.3, 0.4) is 0 Å². The summed E-state index contributed by atoms with van der Waals surface area (Å²) in [6.45, 7) is 0. The fourth-order valence-electron chi connectivity index (χ4n) is 6.85. The number of carboxylic acid groups (broad SMARTS) is 1. The van der Waals surface area contributed by atoms with Crippen LogP contribution in [-0.2, 0) is 19.0 Å². The molecule has 3 heterocycles. The van der Waals surface area contributed by atoms with Crippen molar-refractivity contribution < 1.29 is 24.1 Å². The van der Waals surface area contributed by atoms with Crippen molar-refractivity contribution in [2.45, 2.75) is 112 Å². The molecule has 144 valence electrons. The number of fused-ring (bicyclic) bond motifs is 3. The van der Waals surface area contributed by atoms with E-state index < -0.39 is 5.97 Å². The van der Waals surface area contributed by atoms with E-state index in [1.807, 2.05) is 0 Å². The second kappa shape index (κ2) is 5.24. The fourth-order valence-corrected chi connectivity index (χ4v) is 6.85. The normalized spacial score (nSPS) is 56.7. The van der Waals surface area contributed by atoms with Crippen molar-refractivity contribution in [1.29, 1.82) is 0 Å². The molecule has 5 nitrogen and oxygen atoms in total. The van der Waals surface area contributed by atoms with Crippen molar-refractivity contribution in [1.82, 2.24) is 0 Å². The van der Waals surface area contributed by atoms with Crippen molar-refractivity contribution in [3.63, 3.8) is 0 Å². The number of hydrogen-bond acceptors (Lipinski definition) is 4. The van der Waals surface area contributed by atoms with E-state index in [0.717, 1.165) is 25.7 Å². The highest BCUT2D eigenvalue weighted by atomic mass is 16.6. The Labute approximate surface area is 154 Å². The van der Waals surface area contributed by atoms with Gasteiger partial charge in [0.25, 0.3) is 0 Å². The van der Waals surface area contributed by atoms with Gasteiger partial charge in [-0.1, -0.05) is 12.8 Å². The van der Waals surface area contributed by atoms with Crippen molar-refractivity contribution in [2.75, 3.05) is 0 Å². The van der Waals surface area contributed by atoms with Gasteiger partial charge in [-0.25, -0.2) is 0 Å². The topological polar surface area (TPSA) is 74.9 Å². The van der Waals surface area contributed by atoms with E-state index in [-0.39, 0.29) is 28.8 Å². The van der Waals surface area contributed by atoms with Gasteiger partial charge in [-0.15, -0.1) is 0 Å². The summed E-state index contributed by atoms with van der Waals surface area (Å²) in [6, 6.07) is 0. The molecule has 5 heteroatoms. The van der Waals surface area contributed by atoms with Crippen LogP contribution in [0.5, 0.6) is 0 Å². The first kappa shape index (κ1) is 16.3. The molecular weight excluding hydrogens is 332 g/mol. The Morgan fingerprint density at radius 1 is 0.846 bits per heavy atom. The van der Waals surface area contributed by atoms with Gasteiger partial charge in [0.1, 0.15) is 0 Å². The van der Waals surface area contributed by atoms with Crippen LogP contribution in [0.25, 0.3) is 0 Å². The molecule has 8 unspecified atom stereocenters. The van der Waals surface area contributed by atoms with E-state index in [1.165, 1.54) is 44.9 Å². The van der Waals surface area contributed by atoms with E-state index in [2.05, 4.69) is 0 Å². The molecule has 0 amide bonds. The Balaban J connectivity index is 1.04. The maximum Gasteiger partial charge on any atom is 0.306 e. The zero-order chi connectivity index (χ0) is 17.6. The van der Waals surface area contributed by atoms with Gasteiger partial charge in [-0.3, -0.25) is 4.79 Å². The highest BCUT2D eigenvalue weighted by Gasteiger charge is 2.69. The zero-order valence-electron chi connectivity index (χ0n) is 15.5. The predicted octanol–water partition coefficient (Wildman–Crippen LogP) is 3.44. The average molecular weight is 362 g/mol. The fraction of sp³-hybridized carbons (Fsp3) is 0.952. The lowest BCUT2D eigenvalue weighted by atomic mass is 9.70. The van der Waals surface area contributed by atoms with Crippen molar-refractivity contribution in [3.05, 3.63) is 0 Å². The summed E-state index contributed by atoms with van der Waals surface area (Å²) in [5.41, 5.74) is 0.321. The van der Waals surface area contributed by atoms with Crippen LogP contribution in [0.15, 0.2) is 0 Å². The third-order valence-electron chi connectivity index (χ3n) is 8.56. The second-order valence-electron chi connectivity index (χ2n) is 10.1. The number of ether oxygens (including phenoxy) is 3. The van der Waals surface area contributed by atoms with Crippen LogP contribution in [0.4, 0.5) is 0 Å². The van der Waals surface area contributed by atoms with Gasteiger partial charge in [-0.05, 0) is 63.7 Å². The molecular formula is C21H30O5. The van der Waals surface area contributed by atoms with Crippen LogP contribution < -0.4 is 0 Å². The van der Waals surface area contributed by atoms with Crippen LogP contribution in [0, 0.1) is 11.8 Å². The number of aliphatic carboxylic acids is 1. The monoisotopic (exact) mass is 362 g/mol. The summed E-state index contributed by atoms with van der Waals surface area (Å²) in [5, 5.41) is 9.23. The maximum absolute atomic E-state index is 11.2. The maximum atomic E-state index is 11.2. The molecule has 26 heavy (non-hydrogen) atoms. The van der Waals surface area contributed by atoms with Crippen LogP contribution in [0.1, 0.15) is 77.0 Å². The largest absolute Gasteiger partial charge is 0.481 e. The number of hydrogen-bond donors (Lipinski definition) is 1. The summed E-state index contributed by atoms with van der Waals surface area (Å²) < 4.78 is 18.4. The summed E-state index contributed by atoms with van der Waals surface area (Å²) in [5.74, 6) is -0.157. The first-order chi connectivity index (χ1) is 12.5. The van der Waals surface area contributed by atoms with E-state index in [0.29, 0.717) is 24.5 Å². The first-order valence-electron chi connectivity index (χ1n) is 10.8. The van der Waals surface area contributed by atoms with Gasteiger partial charge in [0.05, 0.1) is 41.0 Å². The van der Waals surface area contributed by atoms with Crippen LogP contribution in [0.2, 0.25) is 0 Å². The standard InChI is InChI=1S/C21H30O5/c22-18(23)14-5-8-19(17(10-14)25-19)11-13-4-7-21(16(9-13)26-21)12-20-6-2-1-3-15(20)24-20/h13-17H,1-12H2,(H,22,23). The molecule has 6 fully saturated rings. The summed E-state index contributed by atoms with van der Waals surface area (Å²) in [6.07, 6.45) is 14.6. The zero-order valence-corrected chi connectivity index (χ0v) is 15.5. The van der Waals surface area contributed by atoms with Crippen molar-refractivity contribution in [3.8, 4) is 0 Å². The van der Waals surface area contributed by atoms with Crippen molar-refractivity contribution in [2.24, 2.45) is 11.8 Å². The molecule has 0 bridgehead atoms. The Morgan fingerprint density at radius 2 is 1.58 bits per heavy atom. The minimum atomic E-state index is -0.648. The lowest BCUT2D eigenvalue weighted by molar-refractivity contribution is -0.142. The van der Waals surface area contributed by atoms with Gasteiger partial charge >= 0.3 is 5.97 Å². The molecule has 3 aliphatic carbocycles. The molecule has 6 aliphatic rings. The van der Waals surface area contributed by atoms with Crippen molar-refractivity contribution >= 4 is 5.97 Å². The molecule has 0 spiro atoms. The molecule has 6 rings (SSSR count). The highest BCUT2D eigenvalue weighted by Crippen LogP contribution is 2.62. The number of epoxide rings is 3. The first-order valence-corrected chi connectivity index (χ1v) is 10.8. The molecule has 3 aliphatic heterocycles. The Morgan fingerprint density at radius 3 is 2.35 bits per heavy atom. The molecule has 1 N–H and O–H groups in total. The van der Waals surface area contributed by atoms with Gasteiger partial charge in [-0.2, -0.15) is 0 Å². The van der Waals surface area contributed by atoms with E-state index in [4.69, 9.17) is 14.2 Å². The Hall–Kier alpha value is -0.650. The smallest absolute Gasteiger partial charge is 0.306 e. The molecule has 8 atom stereocenters. The van der Waals surface area contributed by atoms with Gasteiger partial charge in [0.15, 0.2) is 0 Å². The van der Waals surface area contributed by atoms with E-state index in [1.54, 1.807) is 0 Å². The lowest BCUT2D eigenvalue weighted by Crippen LogP contribution is -2.35. The number of carbonyl (C=O) groups is 1. The molecule has 3 saturated carbocycles. The molecule has 0 aromatic heterocycles. The van der Waals surface area contributed by atoms with Crippen LogP contribution >= 0.6 is 0 Å². The van der Waals surface area contributed by atoms with Gasteiger partial charge in [0.2, 0.25) is 0 Å². The average Bonchev–Trinajstić information content (AvgIpc) is 3.52. The Bertz CT molecular complexity index is 636. The highest BCUT2D eigenvalue weighted by molar-refractivity contribution is 5.70. The minimum Gasteiger partial charge on any atom is -0.481 e. The molecule has 0 aromatic rings. The summed E-state index contributed by atoms with van der Waals surface area (Å²) in [7, 11) is 0. The second-order valence-corrected chi connectivity index (χ2v) is 10.1. The lowest BCUT2D eigenvalue weighted by Gasteiger charge is -2.30. The Kier molecular flexibility index (Phi) is 3.29. The molecule has 0 aromatic carbocycles. The number of rotatable bonds is 5. The predicted molar refractivity (Wildman–Crippen MR) is 92.8 cm³/mol. The minimum absolute atomic E-state index is 0.0122. The van der Waals surface area contributed by atoms with E-state index in [9.17, 15) is 9.90 Å². The van der Waals surface area contributed by atoms with Crippen LogP contribution in [-0.4, -0.2) is 46.2 Å².